The van der Waals surface area contributed by atoms with Crippen molar-refractivity contribution in [1.82, 2.24) is 9.97 Å². The molecule has 1 N–H and O–H groups in total. The molecular weight excluding hydrogens is 406 g/mol. The molecule has 0 saturated carbocycles. The molecular formula is C21H21N3O3S2. The van der Waals surface area contributed by atoms with E-state index in [1.807, 2.05) is 24.4 Å². The van der Waals surface area contributed by atoms with Gasteiger partial charge in [-0.2, -0.15) is 0 Å². The summed E-state index contributed by atoms with van der Waals surface area (Å²) in [6.45, 7) is 1.96. The highest BCUT2D eigenvalue weighted by molar-refractivity contribution is 7.91. The van der Waals surface area contributed by atoms with Crippen LogP contribution in [0.15, 0.2) is 65.1 Å². The van der Waals surface area contributed by atoms with Gasteiger partial charge in [-0.15, -0.1) is 11.3 Å². The largest absolute Gasteiger partial charge is 0.298 e. The molecule has 0 atom stereocenters. The quantitative estimate of drug-likeness (QED) is 0.537. The third kappa shape index (κ3) is 5.82. The average Bonchev–Trinajstić information content (AvgIpc) is 3.20. The molecule has 3 aromatic rings. The van der Waals surface area contributed by atoms with Crippen LogP contribution in [0.2, 0.25) is 0 Å². The number of benzene rings is 1. The smallest absolute Gasteiger partial charge is 0.250 e. The van der Waals surface area contributed by atoms with Crippen molar-refractivity contribution in [3.05, 3.63) is 65.8 Å². The predicted octanol–water partition coefficient (Wildman–Crippen LogP) is 4.43. The summed E-state index contributed by atoms with van der Waals surface area (Å²) >= 11 is 1.34. The van der Waals surface area contributed by atoms with E-state index in [0.717, 1.165) is 23.2 Å². The molecule has 0 radical (unpaired) electrons. The lowest BCUT2D eigenvalue weighted by molar-refractivity contribution is -0.111. The number of nitrogens with zero attached hydrogens (tertiary/aromatic N) is 2. The summed E-state index contributed by atoms with van der Waals surface area (Å²) in [7, 11) is -3.25. The van der Waals surface area contributed by atoms with E-state index in [0.29, 0.717) is 16.4 Å². The van der Waals surface area contributed by atoms with E-state index < -0.39 is 9.84 Å². The number of unbranched alkanes of at least 4 members (excludes halogenated alkanes) is 1. The number of anilines is 1. The molecule has 0 aliphatic heterocycles. The highest BCUT2D eigenvalue weighted by Gasteiger charge is 2.13. The van der Waals surface area contributed by atoms with Gasteiger partial charge in [-0.05, 0) is 42.3 Å². The third-order valence-electron chi connectivity index (χ3n) is 4.14. The number of amides is 1. The first-order valence-corrected chi connectivity index (χ1v) is 11.7. The zero-order chi connectivity index (χ0) is 20.7. The Balaban J connectivity index is 1.60. The molecule has 0 unspecified atom stereocenters. The minimum Gasteiger partial charge on any atom is -0.298 e. The Morgan fingerprint density at radius 1 is 1.14 bits per heavy atom. The lowest BCUT2D eigenvalue weighted by atomic mass is 10.2. The monoisotopic (exact) mass is 427 g/mol. The minimum atomic E-state index is -3.25. The topological polar surface area (TPSA) is 89.0 Å². The first-order valence-electron chi connectivity index (χ1n) is 9.16. The molecule has 1 amide bonds. The molecule has 0 fully saturated rings. The van der Waals surface area contributed by atoms with Gasteiger partial charge >= 0.3 is 0 Å². The number of pyridine rings is 1. The maximum absolute atomic E-state index is 12.2. The molecule has 0 saturated heterocycles. The second kappa shape index (κ2) is 9.58. The number of carbonyl (C=O) groups excluding carboxylic acids is 1. The Labute approximate surface area is 174 Å². The zero-order valence-electron chi connectivity index (χ0n) is 15.9. The highest BCUT2D eigenvalue weighted by Crippen LogP contribution is 2.24. The maximum atomic E-state index is 12.2. The molecule has 2 heterocycles. The zero-order valence-corrected chi connectivity index (χ0v) is 17.5. The molecule has 8 heteroatoms. The van der Waals surface area contributed by atoms with Crippen LogP contribution in [-0.4, -0.2) is 30.0 Å². The lowest BCUT2D eigenvalue weighted by Crippen LogP contribution is -2.07. The van der Waals surface area contributed by atoms with Crippen molar-refractivity contribution in [1.29, 1.82) is 0 Å². The van der Waals surface area contributed by atoms with Crippen LogP contribution in [0.3, 0.4) is 0 Å². The van der Waals surface area contributed by atoms with Crippen LogP contribution in [0.1, 0.15) is 25.3 Å². The minimum absolute atomic E-state index is 0.149. The van der Waals surface area contributed by atoms with E-state index in [1.54, 1.807) is 42.7 Å². The van der Waals surface area contributed by atoms with Gasteiger partial charge in [-0.25, -0.2) is 13.4 Å². The fourth-order valence-electron chi connectivity index (χ4n) is 2.54. The molecule has 6 nitrogen and oxygen atoms in total. The molecule has 150 valence electrons. The van der Waals surface area contributed by atoms with E-state index >= 15 is 0 Å². The average molecular weight is 428 g/mol. The normalized spacial score (nSPS) is 11.6. The van der Waals surface area contributed by atoms with E-state index in [1.165, 1.54) is 17.4 Å². The Morgan fingerprint density at radius 2 is 1.86 bits per heavy atom. The van der Waals surface area contributed by atoms with Gasteiger partial charge in [0.1, 0.15) is 0 Å². The number of hydrogen-bond acceptors (Lipinski definition) is 6. The summed E-state index contributed by atoms with van der Waals surface area (Å²) in [5.74, 6) is -0.156. The van der Waals surface area contributed by atoms with Crippen LogP contribution in [-0.2, 0) is 14.6 Å². The SMILES string of the molecule is CCCCS(=O)(=O)c1ccc(/C=C/C(=O)Nc2nc(-c3ccncc3)cs2)cc1. The summed E-state index contributed by atoms with van der Waals surface area (Å²) < 4.78 is 24.4. The summed E-state index contributed by atoms with van der Waals surface area (Å²) in [5, 5.41) is 5.10. The van der Waals surface area contributed by atoms with Gasteiger partial charge < -0.3 is 0 Å². The van der Waals surface area contributed by atoms with Crippen LogP contribution in [0.4, 0.5) is 5.13 Å². The maximum Gasteiger partial charge on any atom is 0.250 e. The number of nitrogens with one attached hydrogen (secondary N) is 1. The van der Waals surface area contributed by atoms with Gasteiger partial charge in [0.2, 0.25) is 5.91 Å². The van der Waals surface area contributed by atoms with E-state index in [4.69, 9.17) is 0 Å². The van der Waals surface area contributed by atoms with Crippen LogP contribution in [0.5, 0.6) is 0 Å². The summed E-state index contributed by atoms with van der Waals surface area (Å²) in [6.07, 6.45) is 7.89. The van der Waals surface area contributed by atoms with Crippen molar-refractivity contribution in [3.8, 4) is 11.3 Å². The van der Waals surface area contributed by atoms with Crippen LogP contribution in [0.25, 0.3) is 17.3 Å². The van der Waals surface area contributed by atoms with Gasteiger partial charge in [-0.3, -0.25) is 15.1 Å². The lowest BCUT2D eigenvalue weighted by Gasteiger charge is -2.04. The fourth-order valence-corrected chi connectivity index (χ4v) is 4.72. The second-order valence-electron chi connectivity index (χ2n) is 6.34. The van der Waals surface area contributed by atoms with Gasteiger partial charge in [0.25, 0.3) is 0 Å². The molecule has 3 rings (SSSR count). The first kappa shape index (κ1) is 20.9. The molecule has 0 aliphatic rings. The van der Waals surface area contributed by atoms with E-state index in [9.17, 15) is 13.2 Å². The molecule has 2 aromatic heterocycles. The number of thiazole rings is 1. The highest BCUT2D eigenvalue weighted by atomic mass is 32.2. The first-order chi connectivity index (χ1) is 14.0. The molecule has 0 aliphatic carbocycles. The van der Waals surface area contributed by atoms with Crippen LogP contribution in [0, 0.1) is 0 Å². The van der Waals surface area contributed by atoms with Gasteiger partial charge in [0.05, 0.1) is 16.3 Å². The number of carbonyl (C=O) groups is 1. The predicted molar refractivity (Wildman–Crippen MR) is 116 cm³/mol. The number of hydrogen-bond donors (Lipinski definition) is 1. The van der Waals surface area contributed by atoms with E-state index in [-0.39, 0.29) is 11.7 Å². The van der Waals surface area contributed by atoms with Crippen molar-refractivity contribution in [2.24, 2.45) is 0 Å². The summed E-state index contributed by atoms with van der Waals surface area (Å²) in [6, 6.07) is 10.2. The van der Waals surface area contributed by atoms with Crippen molar-refractivity contribution in [2.45, 2.75) is 24.7 Å². The second-order valence-corrected chi connectivity index (χ2v) is 9.31. The molecule has 1 aromatic carbocycles. The van der Waals surface area contributed by atoms with Crippen molar-refractivity contribution in [3.63, 3.8) is 0 Å². The molecule has 0 bridgehead atoms. The molecule has 29 heavy (non-hydrogen) atoms. The summed E-state index contributed by atoms with van der Waals surface area (Å²) in [5.41, 5.74) is 2.45. The standard InChI is InChI=1S/C21H21N3O3S2/c1-2-3-14-29(26,27)18-7-4-16(5-8-18)6-9-20(25)24-21-23-19(15-28-21)17-10-12-22-13-11-17/h4-13,15H,2-3,14H2,1H3,(H,23,24,25)/b9-6+. The Kier molecular flexibility index (Phi) is 6.90. The number of rotatable bonds is 8. The Hall–Kier alpha value is -2.84. The Morgan fingerprint density at radius 3 is 2.55 bits per heavy atom. The van der Waals surface area contributed by atoms with Crippen molar-refractivity contribution < 1.29 is 13.2 Å². The third-order valence-corrected chi connectivity index (χ3v) is 6.72. The van der Waals surface area contributed by atoms with Gasteiger partial charge in [0, 0.05) is 29.4 Å². The van der Waals surface area contributed by atoms with Crippen molar-refractivity contribution >= 4 is 38.3 Å². The molecule has 0 spiro atoms. The Bertz CT molecular complexity index is 1090. The van der Waals surface area contributed by atoms with Gasteiger partial charge in [-0.1, -0.05) is 25.5 Å². The van der Waals surface area contributed by atoms with Crippen LogP contribution < -0.4 is 5.32 Å². The van der Waals surface area contributed by atoms with Gasteiger partial charge in [0.15, 0.2) is 15.0 Å². The number of aromatic nitrogens is 2. The van der Waals surface area contributed by atoms with E-state index in [2.05, 4.69) is 15.3 Å². The van der Waals surface area contributed by atoms with Crippen LogP contribution >= 0.6 is 11.3 Å². The number of sulfone groups is 1. The summed E-state index contributed by atoms with van der Waals surface area (Å²) in [4.78, 5) is 20.8. The van der Waals surface area contributed by atoms with Crippen molar-refractivity contribution in [2.75, 3.05) is 11.1 Å². The fraction of sp³-hybridized carbons (Fsp3) is 0.190.